The van der Waals surface area contributed by atoms with E-state index in [4.69, 9.17) is 0 Å². The molecule has 0 aromatic heterocycles. The number of rotatable bonds is 2. The first-order chi connectivity index (χ1) is 7.80. The van der Waals surface area contributed by atoms with E-state index in [1.807, 2.05) is 13.3 Å². The highest BCUT2D eigenvalue weighted by Gasteiger charge is 2.25. The molecule has 0 radical (unpaired) electrons. The number of anilines is 1. The summed E-state index contributed by atoms with van der Waals surface area (Å²) in [4.78, 5) is 2.44. The van der Waals surface area contributed by atoms with Crippen molar-refractivity contribution in [2.45, 2.75) is 31.6 Å². The molecule has 0 atom stereocenters. The SMILES string of the molecule is CC1=[SH]c2c(ccc(C(C)C)c2P(C)(C)=O)N1. The molecule has 2 rings (SSSR count). The normalized spacial score (nSPS) is 15.1. The second-order valence-electron chi connectivity index (χ2n) is 5.23. The summed E-state index contributed by atoms with van der Waals surface area (Å²) in [6.07, 6.45) is 0. The lowest BCUT2D eigenvalue weighted by atomic mass is 10.0. The standard InChI is InChI=1S/C13H20NOPS/c1-8(2)10-6-7-11-13(17-9(3)14-11)12(10)16(4,5)15/h6-8,14,17H,1-5H3. The predicted molar refractivity (Wildman–Crippen MR) is 81.2 cm³/mol. The van der Waals surface area contributed by atoms with Gasteiger partial charge in [-0.2, -0.15) is 0 Å². The van der Waals surface area contributed by atoms with Crippen molar-refractivity contribution < 1.29 is 4.57 Å². The van der Waals surface area contributed by atoms with Crippen LogP contribution in [0.15, 0.2) is 17.0 Å². The van der Waals surface area contributed by atoms with E-state index in [9.17, 15) is 4.57 Å². The molecule has 0 amide bonds. The molecular weight excluding hydrogens is 249 g/mol. The molecule has 1 aromatic rings. The topological polar surface area (TPSA) is 29.1 Å². The summed E-state index contributed by atoms with van der Waals surface area (Å²) in [5.74, 6) is 0.416. The molecule has 0 unspecified atom stereocenters. The molecule has 0 aliphatic carbocycles. The minimum absolute atomic E-state index is 0.416. The number of hydrogen-bond acceptors (Lipinski definition) is 2. The van der Waals surface area contributed by atoms with Crippen LogP contribution in [-0.4, -0.2) is 18.3 Å². The maximum Gasteiger partial charge on any atom is 0.111 e. The Bertz CT molecular complexity index is 543. The zero-order chi connectivity index (χ0) is 12.8. The van der Waals surface area contributed by atoms with E-state index in [0.29, 0.717) is 5.92 Å². The summed E-state index contributed by atoms with van der Waals surface area (Å²) in [5, 5.41) is 4.45. The van der Waals surface area contributed by atoms with Crippen LogP contribution in [0, 0.1) is 0 Å². The Morgan fingerprint density at radius 3 is 2.47 bits per heavy atom. The van der Waals surface area contributed by atoms with Gasteiger partial charge in [0.05, 0.1) is 5.69 Å². The summed E-state index contributed by atoms with van der Waals surface area (Å²) >= 11 is 1.18. The third-order valence-electron chi connectivity index (χ3n) is 2.94. The lowest BCUT2D eigenvalue weighted by molar-refractivity contribution is 0.587. The molecule has 1 aromatic carbocycles. The molecule has 1 aliphatic rings. The van der Waals surface area contributed by atoms with Gasteiger partial charge in [0.2, 0.25) is 0 Å². The maximum atomic E-state index is 12.6. The third kappa shape index (κ3) is 2.36. The average molecular weight is 269 g/mol. The number of thiol groups is 1. The number of fused-ring (bicyclic) bond motifs is 1. The van der Waals surface area contributed by atoms with E-state index in [1.165, 1.54) is 26.8 Å². The van der Waals surface area contributed by atoms with Gasteiger partial charge in [-0.3, -0.25) is 0 Å². The molecule has 1 N–H and O–H groups in total. The van der Waals surface area contributed by atoms with Gasteiger partial charge in [0, 0.05) is 15.2 Å². The first kappa shape index (κ1) is 12.9. The van der Waals surface area contributed by atoms with Crippen LogP contribution >= 0.6 is 18.5 Å². The highest BCUT2D eigenvalue weighted by Crippen LogP contribution is 2.44. The monoisotopic (exact) mass is 269 g/mol. The van der Waals surface area contributed by atoms with Gasteiger partial charge < -0.3 is 9.88 Å². The Morgan fingerprint density at radius 2 is 1.94 bits per heavy atom. The molecule has 1 heterocycles. The molecule has 0 spiro atoms. The molecule has 4 heteroatoms. The lowest BCUT2D eigenvalue weighted by Crippen LogP contribution is -2.14. The van der Waals surface area contributed by atoms with Crippen molar-refractivity contribution in [3.8, 4) is 0 Å². The van der Waals surface area contributed by atoms with Gasteiger partial charge in [0.1, 0.15) is 7.14 Å². The van der Waals surface area contributed by atoms with Gasteiger partial charge in [-0.25, -0.2) is 0 Å². The van der Waals surface area contributed by atoms with Crippen LogP contribution in [0.3, 0.4) is 0 Å². The van der Waals surface area contributed by atoms with Crippen LogP contribution in [-0.2, 0) is 4.57 Å². The van der Waals surface area contributed by atoms with Crippen LogP contribution in [0.5, 0.6) is 0 Å². The Kier molecular flexibility index (Phi) is 3.26. The Labute approximate surface area is 107 Å². The molecule has 94 valence electrons. The zero-order valence-electron chi connectivity index (χ0n) is 11.0. The van der Waals surface area contributed by atoms with Crippen molar-refractivity contribution in [3.05, 3.63) is 17.7 Å². The van der Waals surface area contributed by atoms with E-state index < -0.39 is 7.14 Å². The molecule has 0 saturated heterocycles. The summed E-state index contributed by atoms with van der Waals surface area (Å²) in [7, 11) is -2.24. The zero-order valence-corrected chi connectivity index (χ0v) is 12.8. The second-order valence-corrected chi connectivity index (χ2v) is 9.72. The first-order valence-electron chi connectivity index (χ1n) is 5.85. The number of hydrogen-bond donors (Lipinski definition) is 2. The van der Waals surface area contributed by atoms with Crippen molar-refractivity contribution in [1.82, 2.24) is 0 Å². The van der Waals surface area contributed by atoms with Gasteiger partial charge in [-0.1, -0.05) is 19.9 Å². The molecule has 2 nitrogen and oxygen atoms in total. The van der Waals surface area contributed by atoms with Crippen molar-refractivity contribution in [2.75, 3.05) is 18.6 Å². The Balaban J connectivity index is 2.76. The fraction of sp³-hybridized carbons (Fsp3) is 0.462. The van der Waals surface area contributed by atoms with E-state index in [-0.39, 0.29) is 0 Å². The second kappa shape index (κ2) is 4.29. The highest BCUT2D eigenvalue weighted by atomic mass is 32.1. The summed E-state index contributed by atoms with van der Waals surface area (Å²) in [5.41, 5.74) is 2.37. The van der Waals surface area contributed by atoms with Crippen molar-refractivity contribution in [2.24, 2.45) is 0 Å². The Morgan fingerprint density at radius 1 is 1.29 bits per heavy atom. The van der Waals surface area contributed by atoms with Crippen LogP contribution in [0.2, 0.25) is 0 Å². The highest BCUT2D eigenvalue weighted by molar-refractivity contribution is 8.00. The van der Waals surface area contributed by atoms with E-state index in [1.54, 1.807) is 0 Å². The van der Waals surface area contributed by atoms with Crippen LogP contribution < -0.4 is 10.6 Å². The maximum absolute atomic E-state index is 12.6. The van der Waals surface area contributed by atoms with Crippen LogP contribution in [0.1, 0.15) is 32.3 Å². The lowest BCUT2D eigenvalue weighted by Gasteiger charge is -2.19. The van der Waals surface area contributed by atoms with Crippen molar-refractivity contribution in [3.63, 3.8) is 0 Å². The predicted octanol–water partition coefficient (Wildman–Crippen LogP) is 3.46. The third-order valence-corrected chi connectivity index (χ3v) is 5.81. The van der Waals surface area contributed by atoms with E-state index in [2.05, 4.69) is 38.2 Å². The van der Waals surface area contributed by atoms with Gasteiger partial charge in [-0.05, 0) is 37.8 Å². The molecule has 0 fully saturated rings. The van der Waals surface area contributed by atoms with Crippen molar-refractivity contribution in [1.29, 1.82) is 0 Å². The quantitative estimate of drug-likeness (QED) is 0.489. The van der Waals surface area contributed by atoms with Gasteiger partial charge in [-0.15, -0.1) is 11.4 Å². The van der Waals surface area contributed by atoms with Gasteiger partial charge in [0.25, 0.3) is 0 Å². The largest absolute Gasteiger partial charge is 0.354 e. The number of nitrogens with one attached hydrogen (secondary N) is 1. The summed E-state index contributed by atoms with van der Waals surface area (Å²) < 4.78 is 12.6. The summed E-state index contributed by atoms with van der Waals surface area (Å²) in [6, 6.07) is 4.24. The van der Waals surface area contributed by atoms with E-state index >= 15 is 0 Å². The van der Waals surface area contributed by atoms with Gasteiger partial charge >= 0.3 is 0 Å². The fourth-order valence-electron chi connectivity index (χ4n) is 2.23. The molecule has 0 saturated carbocycles. The minimum Gasteiger partial charge on any atom is -0.354 e. The van der Waals surface area contributed by atoms with E-state index in [0.717, 1.165) is 11.0 Å². The fourth-order valence-corrected chi connectivity index (χ4v) is 5.69. The first-order valence-corrected chi connectivity index (χ1v) is 9.35. The molecular formula is C13H20NOPS. The average Bonchev–Trinajstić information content (AvgIpc) is 2.53. The molecule has 1 aliphatic heterocycles. The Hall–Kier alpha value is -0.530. The van der Waals surface area contributed by atoms with Crippen molar-refractivity contribution >= 4 is 34.5 Å². The minimum atomic E-state index is -2.24. The van der Waals surface area contributed by atoms with Gasteiger partial charge in [0.15, 0.2) is 0 Å². The smallest absolute Gasteiger partial charge is 0.111 e. The van der Waals surface area contributed by atoms with Crippen LogP contribution in [0.25, 0.3) is 0 Å². The molecule has 17 heavy (non-hydrogen) atoms. The summed E-state index contributed by atoms with van der Waals surface area (Å²) in [6.45, 7) is 10.2. The number of benzene rings is 1. The molecule has 0 bridgehead atoms. The van der Waals surface area contributed by atoms with Crippen LogP contribution in [0.4, 0.5) is 5.69 Å².